The third kappa shape index (κ3) is 2.60. The summed E-state index contributed by atoms with van der Waals surface area (Å²) in [6.07, 6.45) is 14.0. The van der Waals surface area contributed by atoms with E-state index in [0.29, 0.717) is 41.3 Å². The van der Waals surface area contributed by atoms with Crippen LogP contribution in [-0.2, 0) is 14.3 Å². The van der Waals surface area contributed by atoms with Crippen LogP contribution in [0.3, 0.4) is 0 Å². The Morgan fingerprint density at radius 3 is 2.75 bits per heavy atom. The minimum atomic E-state index is -0.0562. The first-order valence-electron chi connectivity index (χ1n) is 12.1. The molecule has 5 aliphatic rings. The van der Waals surface area contributed by atoms with Crippen molar-refractivity contribution in [2.45, 2.75) is 97.2 Å². The Morgan fingerprint density at radius 2 is 1.96 bits per heavy atom. The van der Waals surface area contributed by atoms with Crippen LogP contribution in [0.5, 0.6) is 0 Å². The second-order valence-corrected chi connectivity index (χ2v) is 11.5. The van der Waals surface area contributed by atoms with E-state index < -0.39 is 0 Å². The van der Waals surface area contributed by atoms with Crippen molar-refractivity contribution in [1.29, 1.82) is 0 Å². The van der Waals surface area contributed by atoms with E-state index in [4.69, 9.17) is 9.47 Å². The Hall–Kier alpha value is -0.570. The molecule has 0 bridgehead atoms. The molecule has 3 heteroatoms. The van der Waals surface area contributed by atoms with Gasteiger partial charge in [-0.3, -0.25) is 4.79 Å². The summed E-state index contributed by atoms with van der Waals surface area (Å²) < 4.78 is 11.5. The molecule has 5 rings (SSSR count). The highest BCUT2D eigenvalue weighted by Crippen LogP contribution is 2.73. The second-order valence-electron chi connectivity index (χ2n) is 11.5. The minimum absolute atomic E-state index is 0.0562. The normalized spacial score (nSPS) is 52.6. The van der Waals surface area contributed by atoms with E-state index in [9.17, 15) is 4.79 Å². The zero-order valence-corrected chi connectivity index (χ0v) is 18.4. The molecule has 4 saturated carbocycles. The average molecular weight is 389 g/mol. The smallest absolute Gasteiger partial charge is 0.305 e. The van der Waals surface area contributed by atoms with Crippen molar-refractivity contribution in [3.63, 3.8) is 0 Å². The summed E-state index contributed by atoms with van der Waals surface area (Å²) in [5.41, 5.74) is 0.871. The predicted molar refractivity (Wildman–Crippen MR) is 110 cm³/mol. The van der Waals surface area contributed by atoms with Gasteiger partial charge in [0.05, 0.1) is 19.3 Å². The number of ether oxygens (including phenoxy) is 2. The minimum Gasteiger partial charge on any atom is -0.469 e. The van der Waals surface area contributed by atoms with Gasteiger partial charge in [0.2, 0.25) is 0 Å². The molecule has 0 aromatic heterocycles. The number of epoxide rings is 1. The van der Waals surface area contributed by atoms with E-state index in [1.807, 2.05) is 0 Å². The molecule has 0 amide bonds. The maximum Gasteiger partial charge on any atom is 0.305 e. The number of hydrogen-bond donors (Lipinski definition) is 0. The third-order valence-electron chi connectivity index (χ3n) is 10.6. The monoisotopic (exact) mass is 388 g/mol. The van der Waals surface area contributed by atoms with Crippen molar-refractivity contribution in [3.05, 3.63) is 0 Å². The van der Waals surface area contributed by atoms with Crippen molar-refractivity contribution in [1.82, 2.24) is 0 Å². The molecule has 158 valence electrons. The third-order valence-corrected chi connectivity index (χ3v) is 10.6. The Balaban J connectivity index is 1.38. The molecule has 0 spiro atoms. The average Bonchev–Trinajstić information content (AvgIpc) is 3.41. The van der Waals surface area contributed by atoms with Gasteiger partial charge in [0.25, 0.3) is 0 Å². The van der Waals surface area contributed by atoms with Gasteiger partial charge in [-0.1, -0.05) is 33.6 Å². The van der Waals surface area contributed by atoms with Crippen molar-refractivity contribution >= 4 is 5.97 Å². The first kappa shape index (κ1) is 19.4. The molecule has 3 nitrogen and oxygen atoms in total. The zero-order valence-electron chi connectivity index (χ0n) is 18.4. The highest BCUT2D eigenvalue weighted by atomic mass is 16.6. The Labute approximate surface area is 171 Å². The summed E-state index contributed by atoms with van der Waals surface area (Å²) in [6, 6.07) is 0. The first-order chi connectivity index (χ1) is 13.4. The number of fused-ring (bicyclic) bond motifs is 8. The van der Waals surface area contributed by atoms with Crippen LogP contribution in [-0.4, -0.2) is 25.3 Å². The van der Waals surface area contributed by atoms with Crippen LogP contribution in [0.2, 0.25) is 0 Å². The van der Waals surface area contributed by atoms with Crippen LogP contribution >= 0.6 is 0 Å². The topological polar surface area (TPSA) is 38.8 Å². The van der Waals surface area contributed by atoms with Crippen LogP contribution in [0.25, 0.3) is 0 Å². The van der Waals surface area contributed by atoms with Gasteiger partial charge in [0.1, 0.15) is 0 Å². The molecule has 1 heterocycles. The molecule has 5 fully saturated rings. The molecular formula is C25H40O3. The molecule has 1 aliphatic heterocycles. The summed E-state index contributed by atoms with van der Waals surface area (Å²) in [5.74, 6) is 4.72. The molecule has 0 N–H and O–H groups in total. The van der Waals surface area contributed by atoms with Gasteiger partial charge < -0.3 is 9.47 Å². The van der Waals surface area contributed by atoms with Gasteiger partial charge in [-0.25, -0.2) is 0 Å². The Bertz CT molecular complexity index is 631. The SMILES string of the molecule is COC(=O)CC[C@@H](C)[C@H]1CC[C@H]2[C@@H]3CC[C@H]4CCCC[C@]4(C)[C@H]3[C@@H]3O[C@@H]3[C@]12C. The van der Waals surface area contributed by atoms with Gasteiger partial charge in [-0.15, -0.1) is 0 Å². The number of carbonyl (C=O) groups excluding carboxylic acids is 1. The van der Waals surface area contributed by atoms with Crippen molar-refractivity contribution in [3.8, 4) is 0 Å². The van der Waals surface area contributed by atoms with E-state index in [1.54, 1.807) is 0 Å². The van der Waals surface area contributed by atoms with Crippen LogP contribution in [0, 0.1) is 46.3 Å². The summed E-state index contributed by atoms with van der Waals surface area (Å²) in [4.78, 5) is 11.7. The molecule has 0 radical (unpaired) electrons. The van der Waals surface area contributed by atoms with Gasteiger partial charge >= 0.3 is 5.97 Å². The number of hydrogen-bond acceptors (Lipinski definition) is 3. The van der Waals surface area contributed by atoms with E-state index in [2.05, 4.69) is 20.8 Å². The lowest BCUT2D eigenvalue weighted by Crippen LogP contribution is -2.56. The Morgan fingerprint density at radius 1 is 1.14 bits per heavy atom. The molecule has 0 aromatic carbocycles. The Kier molecular flexibility index (Phi) is 4.66. The summed E-state index contributed by atoms with van der Waals surface area (Å²) in [6.45, 7) is 7.59. The standard InChI is InChI=1S/C25H40O3/c1-15(8-13-20(26)27-4)18-11-12-19-17-10-9-16-7-5-6-14-24(16,2)21(17)22-23(28-22)25(18,19)3/h15-19,21-23H,5-14H2,1-4H3/t15-,16-,17+,18-,19+,21-,22+,23+,24+,25-/m1/s1. The molecule has 4 aliphatic carbocycles. The highest BCUT2D eigenvalue weighted by Gasteiger charge is 2.73. The molecule has 0 unspecified atom stereocenters. The molecule has 0 aromatic rings. The number of carbonyl (C=O) groups is 1. The molecular weight excluding hydrogens is 348 g/mol. The molecule has 10 atom stereocenters. The highest BCUT2D eigenvalue weighted by molar-refractivity contribution is 5.69. The van der Waals surface area contributed by atoms with Crippen molar-refractivity contribution in [2.24, 2.45) is 46.3 Å². The van der Waals surface area contributed by atoms with Crippen molar-refractivity contribution in [2.75, 3.05) is 7.11 Å². The summed E-state index contributed by atoms with van der Waals surface area (Å²) >= 11 is 0. The second kappa shape index (κ2) is 6.72. The summed E-state index contributed by atoms with van der Waals surface area (Å²) in [7, 11) is 1.51. The fourth-order valence-electron chi connectivity index (χ4n) is 9.27. The molecule has 1 saturated heterocycles. The van der Waals surface area contributed by atoms with E-state index in [0.717, 1.165) is 30.1 Å². The fourth-order valence-corrected chi connectivity index (χ4v) is 9.27. The fraction of sp³-hybridized carbons (Fsp3) is 0.960. The van der Waals surface area contributed by atoms with Gasteiger partial charge in [-0.05, 0) is 85.9 Å². The van der Waals surface area contributed by atoms with Gasteiger partial charge in [-0.2, -0.15) is 0 Å². The van der Waals surface area contributed by atoms with E-state index in [1.165, 1.54) is 58.5 Å². The largest absolute Gasteiger partial charge is 0.469 e. The van der Waals surface area contributed by atoms with Crippen molar-refractivity contribution < 1.29 is 14.3 Å². The lowest BCUT2D eigenvalue weighted by Gasteiger charge is -2.59. The zero-order chi connectivity index (χ0) is 19.7. The van der Waals surface area contributed by atoms with E-state index >= 15 is 0 Å². The van der Waals surface area contributed by atoms with E-state index in [-0.39, 0.29) is 5.97 Å². The number of esters is 1. The maximum absolute atomic E-state index is 11.7. The summed E-state index contributed by atoms with van der Waals surface area (Å²) in [5, 5.41) is 0. The van der Waals surface area contributed by atoms with Crippen LogP contribution in [0.1, 0.15) is 85.0 Å². The number of rotatable bonds is 4. The quantitative estimate of drug-likeness (QED) is 0.464. The van der Waals surface area contributed by atoms with Gasteiger partial charge in [0.15, 0.2) is 0 Å². The van der Waals surface area contributed by atoms with Gasteiger partial charge in [0, 0.05) is 11.8 Å². The number of methoxy groups -OCH3 is 1. The predicted octanol–water partition coefficient (Wildman–Crippen LogP) is 5.61. The van der Waals surface area contributed by atoms with Crippen LogP contribution < -0.4 is 0 Å². The molecule has 28 heavy (non-hydrogen) atoms. The lowest BCUT2D eigenvalue weighted by atomic mass is 9.44. The lowest BCUT2D eigenvalue weighted by molar-refractivity contribution is -0.141. The van der Waals surface area contributed by atoms with Crippen LogP contribution in [0.4, 0.5) is 0 Å². The first-order valence-corrected chi connectivity index (χ1v) is 12.1. The maximum atomic E-state index is 11.7. The van der Waals surface area contributed by atoms with Crippen LogP contribution in [0.15, 0.2) is 0 Å².